The molecule has 0 amide bonds. The molecule has 7 aliphatic rings. The highest BCUT2D eigenvalue weighted by Crippen LogP contribution is 2.89. The van der Waals surface area contributed by atoms with E-state index in [-0.39, 0.29) is 0 Å². The molecule has 7 aliphatic carbocycles. The molecule has 7 rings (SSSR count). The third-order valence-electron chi connectivity index (χ3n) is 13.0. The molecule has 0 heteroatoms. The second kappa shape index (κ2) is 4.28. The summed E-state index contributed by atoms with van der Waals surface area (Å²) in [6.07, 6.45) is 6.41. The highest BCUT2D eigenvalue weighted by molar-refractivity contribution is 5.31. The van der Waals surface area contributed by atoms with Crippen LogP contribution in [0.3, 0.4) is 0 Å². The van der Waals surface area contributed by atoms with Crippen LogP contribution >= 0.6 is 0 Å². The second-order valence-corrected chi connectivity index (χ2v) is 13.2. The van der Waals surface area contributed by atoms with E-state index < -0.39 is 0 Å². The van der Waals surface area contributed by atoms with E-state index in [1.54, 1.807) is 25.7 Å². The summed E-state index contributed by atoms with van der Waals surface area (Å²) in [7, 11) is 0. The van der Waals surface area contributed by atoms with Gasteiger partial charge in [-0.25, -0.2) is 0 Å². The Kier molecular flexibility index (Phi) is 2.61. The van der Waals surface area contributed by atoms with Crippen molar-refractivity contribution >= 4 is 0 Å². The molecule has 7 fully saturated rings. The van der Waals surface area contributed by atoms with Crippen molar-refractivity contribution in [1.29, 1.82) is 0 Å². The van der Waals surface area contributed by atoms with Crippen LogP contribution in [0, 0.1) is 93.7 Å². The maximum absolute atomic E-state index is 2.76. The fraction of sp³-hybridized carbons (Fsp3) is 1.00. The predicted octanol–water partition coefficient (Wildman–Crippen LogP) is 6.36. The van der Waals surface area contributed by atoms with E-state index in [0.29, 0.717) is 0 Å². The summed E-state index contributed by atoms with van der Waals surface area (Å²) in [5, 5.41) is 0. The van der Waals surface area contributed by atoms with Crippen molar-refractivity contribution in [3.05, 3.63) is 0 Å². The van der Waals surface area contributed by atoms with E-state index in [1.165, 1.54) is 11.8 Å². The minimum Gasteiger partial charge on any atom is -0.0619 e. The van der Waals surface area contributed by atoms with E-state index in [2.05, 4.69) is 41.5 Å². The minimum atomic E-state index is 0.737. The number of fused-ring (bicyclic) bond motifs is 2. The predicted molar refractivity (Wildman–Crippen MR) is 106 cm³/mol. The van der Waals surface area contributed by atoms with Gasteiger partial charge in [-0.2, -0.15) is 0 Å². The van der Waals surface area contributed by atoms with Gasteiger partial charge in [-0.15, -0.1) is 0 Å². The van der Waals surface area contributed by atoms with Crippen LogP contribution in [0.5, 0.6) is 0 Å². The van der Waals surface area contributed by atoms with Crippen LogP contribution < -0.4 is 0 Å². The third kappa shape index (κ3) is 1.47. The second-order valence-electron chi connectivity index (χ2n) is 13.2. The monoisotopic (exact) mass is 352 g/mol. The third-order valence-corrected chi connectivity index (χ3v) is 13.0. The van der Waals surface area contributed by atoms with Gasteiger partial charge in [0.2, 0.25) is 0 Å². The topological polar surface area (TPSA) is 0 Å². The van der Waals surface area contributed by atoms with E-state index in [4.69, 9.17) is 0 Å². The molecule has 16 unspecified atom stereocenters. The molecule has 7 saturated carbocycles. The van der Waals surface area contributed by atoms with Gasteiger partial charge in [0.05, 0.1) is 0 Å². The summed E-state index contributed by atoms with van der Waals surface area (Å²) in [5.74, 6) is 15.5. The van der Waals surface area contributed by atoms with Gasteiger partial charge in [-0.05, 0) is 119 Å². The zero-order valence-electron chi connectivity index (χ0n) is 17.9. The molecule has 1 spiro atoms. The molecular formula is C26H40. The maximum Gasteiger partial charge on any atom is -0.0178 e. The molecule has 16 atom stereocenters. The molecule has 0 nitrogen and oxygen atoms in total. The lowest BCUT2D eigenvalue weighted by molar-refractivity contribution is -0.0812. The van der Waals surface area contributed by atoms with E-state index in [9.17, 15) is 0 Å². The molecule has 26 heavy (non-hydrogen) atoms. The summed E-state index contributed by atoms with van der Waals surface area (Å²) < 4.78 is 0. The van der Waals surface area contributed by atoms with Gasteiger partial charge in [-0.3, -0.25) is 0 Å². The zero-order chi connectivity index (χ0) is 17.9. The lowest BCUT2D eigenvalue weighted by atomic mass is 9.49. The van der Waals surface area contributed by atoms with Crippen LogP contribution in [-0.4, -0.2) is 0 Å². The molecule has 0 saturated heterocycles. The van der Waals surface area contributed by atoms with Crippen LogP contribution in [0.2, 0.25) is 0 Å². The molecule has 0 aliphatic heterocycles. The highest BCUT2D eigenvalue weighted by atomic mass is 14.9. The molecule has 0 aromatic heterocycles. The van der Waals surface area contributed by atoms with Crippen molar-refractivity contribution in [1.82, 2.24) is 0 Å². The SMILES string of the molecule is CC1C2CC(CC3C(C)C3C3(C)CC34C(C)CC4C3C(C)C4C(C)C43)C12. The molecule has 0 N–H and O–H groups in total. The number of hydrogen-bond donors (Lipinski definition) is 0. The van der Waals surface area contributed by atoms with Crippen molar-refractivity contribution in [3.63, 3.8) is 0 Å². The zero-order valence-corrected chi connectivity index (χ0v) is 17.9. The summed E-state index contributed by atoms with van der Waals surface area (Å²) in [5.41, 5.74) is 1.53. The summed E-state index contributed by atoms with van der Waals surface area (Å²) in [6.45, 7) is 15.7. The van der Waals surface area contributed by atoms with E-state index in [0.717, 1.165) is 81.8 Å². The Morgan fingerprint density at radius 1 is 0.769 bits per heavy atom. The van der Waals surface area contributed by atoms with Crippen LogP contribution in [0.1, 0.15) is 67.2 Å². The minimum absolute atomic E-state index is 0.737. The molecule has 0 aromatic carbocycles. The first-order valence-electron chi connectivity index (χ1n) is 12.3. The first-order valence-corrected chi connectivity index (χ1v) is 12.3. The van der Waals surface area contributed by atoms with Crippen molar-refractivity contribution in [2.45, 2.75) is 67.2 Å². The van der Waals surface area contributed by atoms with Gasteiger partial charge in [0.1, 0.15) is 0 Å². The lowest BCUT2D eigenvalue weighted by Crippen LogP contribution is -2.50. The smallest absolute Gasteiger partial charge is 0.0178 e. The lowest BCUT2D eigenvalue weighted by Gasteiger charge is -2.56. The highest BCUT2D eigenvalue weighted by Gasteiger charge is 2.84. The van der Waals surface area contributed by atoms with Crippen LogP contribution in [0.15, 0.2) is 0 Å². The average molecular weight is 353 g/mol. The van der Waals surface area contributed by atoms with Gasteiger partial charge in [0, 0.05) is 0 Å². The van der Waals surface area contributed by atoms with Crippen molar-refractivity contribution in [2.24, 2.45) is 93.7 Å². The summed E-state index contributed by atoms with van der Waals surface area (Å²) >= 11 is 0. The van der Waals surface area contributed by atoms with Crippen molar-refractivity contribution in [3.8, 4) is 0 Å². The molecule has 144 valence electrons. The summed E-state index contributed by atoms with van der Waals surface area (Å²) in [6, 6.07) is 0. The molecule has 0 aromatic rings. The fourth-order valence-electron chi connectivity index (χ4n) is 11.5. The number of hydrogen-bond acceptors (Lipinski definition) is 0. The molecule has 0 radical (unpaired) electrons. The van der Waals surface area contributed by atoms with E-state index >= 15 is 0 Å². The maximum atomic E-state index is 2.76. The van der Waals surface area contributed by atoms with Gasteiger partial charge in [0.15, 0.2) is 0 Å². The molecule has 0 bridgehead atoms. The van der Waals surface area contributed by atoms with Gasteiger partial charge in [-0.1, -0.05) is 41.5 Å². The van der Waals surface area contributed by atoms with Gasteiger partial charge >= 0.3 is 0 Å². The fourth-order valence-corrected chi connectivity index (χ4v) is 11.5. The number of rotatable bonds is 4. The Balaban J connectivity index is 1.08. The van der Waals surface area contributed by atoms with Gasteiger partial charge < -0.3 is 0 Å². The Morgan fingerprint density at radius 3 is 2.04 bits per heavy atom. The Bertz CT molecular complexity index is 670. The Labute approximate surface area is 161 Å². The van der Waals surface area contributed by atoms with Crippen molar-refractivity contribution < 1.29 is 0 Å². The largest absolute Gasteiger partial charge is 0.0619 e. The summed E-state index contributed by atoms with van der Waals surface area (Å²) in [4.78, 5) is 0. The Morgan fingerprint density at radius 2 is 1.50 bits per heavy atom. The van der Waals surface area contributed by atoms with Crippen molar-refractivity contribution in [2.75, 3.05) is 0 Å². The molecule has 0 heterocycles. The van der Waals surface area contributed by atoms with E-state index in [1.807, 2.05) is 0 Å². The van der Waals surface area contributed by atoms with Crippen LogP contribution in [-0.2, 0) is 0 Å². The normalized spacial score (nSPS) is 76.8. The average Bonchev–Trinajstić information content (AvgIpc) is 3.48. The molecular weight excluding hydrogens is 312 g/mol. The Hall–Kier alpha value is 0. The first kappa shape index (κ1) is 15.9. The van der Waals surface area contributed by atoms with Crippen LogP contribution in [0.4, 0.5) is 0 Å². The standard InChI is InChI=1S/C26H40/c1-11-7-19(22-14(4)20-15(5)23(20)22)26(11)10-25(26,6)24-13(3)18(24)9-16-8-17-12(2)21(16)17/h11-24H,7-10H2,1-6H3. The van der Waals surface area contributed by atoms with Crippen LogP contribution in [0.25, 0.3) is 0 Å². The first-order chi connectivity index (χ1) is 12.3. The quantitative estimate of drug-likeness (QED) is 0.552. The van der Waals surface area contributed by atoms with Gasteiger partial charge in [0.25, 0.3) is 0 Å².